The minimum Gasteiger partial charge on any atom is -0.385 e. The Morgan fingerprint density at radius 2 is 1.88 bits per heavy atom. The number of nitrogens with zero attached hydrogens (tertiary/aromatic N) is 1. The number of nitrogens with one attached hydrogen (secondary N) is 1. The van der Waals surface area contributed by atoms with E-state index < -0.39 is 12.6 Å². The Balaban J connectivity index is 3.27. The summed E-state index contributed by atoms with van der Waals surface area (Å²) in [6.07, 6.45) is -3.88. The standard InChI is InChI=1S/C10H21F3N2O/c1-15(7-4-10(11,12)13)8-6-14-5-3-9-16-2/h14H,3-9H2,1-2H3. The maximum absolute atomic E-state index is 11.9. The summed E-state index contributed by atoms with van der Waals surface area (Å²) >= 11 is 0. The Morgan fingerprint density at radius 3 is 2.44 bits per heavy atom. The third kappa shape index (κ3) is 11.7. The van der Waals surface area contributed by atoms with Gasteiger partial charge in [0, 0.05) is 33.4 Å². The number of hydrogen-bond donors (Lipinski definition) is 1. The molecule has 0 fully saturated rings. The van der Waals surface area contributed by atoms with Gasteiger partial charge in [-0.1, -0.05) is 0 Å². The highest BCUT2D eigenvalue weighted by molar-refractivity contribution is 4.58. The second-order valence-electron chi connectivity index (χ2n) is 3.76. The molecule has 0 aromatic carbocycles. The molecule has 0 unspecified atom stereocenters. The van der Waals surface area contributed by atoms with Gasteiger partial charge in [0.25, 0.3) is 0 Å². The molecule has 0 rings (SSSR count). The molecule has 0 aliphatic rings. The maximum atomic E-state index is 11.9. The van der Waals surface area contributed by atoms with Gasteiger partial charge in [0.05, 0.1) is 6.42 Å². The predicted molar refractivity (Wildman–Crippen MR) is 57.5 cm³/mol. The van der Waals surface area contributed by atoms with Gasteiger partial charge in [-0.3, -0.25) is 0 Å². The molecule has 0 spiro atoms. The first-order valence-corrected chi connectivity index (χ1v) is 5.40. The van der Waals surface area contributed by atoms with Crippen LogP contribution in [0.2, 0.25) is 0 Å². The second-order valence-corrected chi connectivity index (χ2v) is 3.76. The molecule has 1 N–H and O–H groups in total. The smallest absolute Gasteiger partial charge is 0.385 e. The Labute approximate surface area is 94.9 Å². The van der Waals surface area contributed by atoms with Crippen LogP contribution in [-0.4, -0.2) is 58.0 Å². The Kier molecular flexibility index (Phi) is 8.60. The van der Waals surface area contributed by atoms with Crippen LogP contribution in [0.4, 0.5) is 13.2 Å². The lowest BCUT2D eigenvalue weighted by Gasteiger charge is -2.17. The molecular formula is C10H21F3N2O. The zero-order valence-corrected chi connectivity index (χ0v) is 9.94. The monoisotopic (exact) mass is 242 g/mol. The lowest BCUT2D eigenvalue weighted by atomic mass is 10.4. The van der Waals surface area contributed by atoms with E-state index in [0.29, 0.717) is 19.7 Å². The van der Waals surface area contributed by atoms with Gasteiger partial charge in [-0.05, 0) is 20.0 Å². The van der Waals surface area contributed by atoms with Crippen molar-refractivity contribution >= 4 is 0 Å². The van der Waals surface area contributed by atoms with Crippen molar-refractivity contribution in [2.24, 2.45) is 0 Å². The SMILES string of the molecule is COCCCNCCN(C)CCC(F)(F)F. The van der Waals surface area contributed by atoms with E-state index in [2.05, 4.69) is 5.32 Å². The Morgan fingerprint density at radius 1 is 1.19 bits per heavy atom. The molecule has 0 aliphatic carbocycles. The minimum absolute atomic E-state index is 0.0588. The normalized spacial score (nSPS) is 12.4. The van der Waals surface area contributed by atoms with Gasteiger partial charge in [0.1, 0.15) is 0 Å². The van der Waals surface area contributed by atoms with Crippen molar-refractivity contribution in [1.82, 2.24) is 10.2 Å². The van der Waals surface area contributed by atoms with Gasteiger partial charge in [-0.15, -0.1) is 0 Å². The molecule has 98 valence electrons. The number of halogens is 3. The molecule has 0 radical (unpaired) electrons. The highest BCUT2D eigenvalue weighted by atomic mass is 19.4. The van der Waals surface area contributed by atoms with Crippen LogP contribution in [-0.2, 0) is 4.74 Å². The Bertz CT molecular complexity index is 165. The fourth-order valence-electron chi connectivity index (χ4n) is 1.17. The van der Waals surface area contributed by atoms with Crippen molar-refractivity contribution < 1.29 is 17.9 Å². The van der Waals surface area contributed by atoms with Gasteiger partial charge in [-0.25, -0.2) is 0 Å². The van der Waals surface area contributed by atoms with Gasteiger partial charge in [0.2, 0.25) is 0 Å². The number of hydrogen-bond acceptors (Lipinski definition) is 3. The van der Waals surface area contributed by atoms with Crippen LogP contribution >= 0.6 is 0 Å². The molecule has 3 nitrogen and oxygen atoms in total. The summed E-state index contributed by atoms with van der Waals surface area (Å²) in [4.78, 5) is 1.68. The zero-order chi connectivity index (χ0) is 12.4. The maximum Gasteiger partial charge on any atom is 0.390 e. The van der Waals surface area contributed by atoms with E-state index in [-0.39, 0.29) is 6.54 Å². The average molecular weight is 242 g/mol. The molecule has 0 saturated heterocycles. The van der Waals surface area contributed by atoms with E-state index in [9.17, 15) is 13.2 Å². The van der Waals surface area contributed by atoms with E-state index in [4.69, 9.17) is 4.74 Å². The van der Waals surface area contributed by atoms with Crippen LogP contribution in [0.3, 0.4) is 0 Å². The number of likely N-dealkylation sites (N-methyl/N-ethyl adjacent to an activating group) is 1. The van der Waals surface area contributed by atoms with Crippen LogP contribution in [0.5, 0.6) is 0 Å². The van der Waals surface area contributed by atoms with Crippen LogP contribution in [0.15, 0.2) is 0 Å². The third-order valence-electron chi connectivity index (χ3n) is 2.15. The van der Waals surface area contributed by atoms with E-state index in [1.54, 1.807) is 19.1 Å². The summed E-state index contributed by atoms with van der Waals surface area (Å²) in [5.41, 5.74) is 0. The number of rotatable bonds is 9. The predicted octanol–water partition coefficient (Wildman–Crippen LogP) is 1.50. The summed E-state index contributed by atoms with van der Waals surface area (Å²) in [7, 11) is 3.34. The van der Waals surface area contributed by atoms with Crippen LogP contribution in [0.1, 0.15) is 12.8 Å². The summed E-state index contributed by atoms with van der Waals surface area (Å²) in [6, 6.07) is 0. The topological polar surface area (TPSA) is 24.5 Å². The Hall–Kier alpha value is -0.330. The van der Waals surface area contributed by atoms with Crippen molar-refractivity contribution in [3.63, 3.8) is 0 Å². The molecule has 0 amide bonds. The largest absolute Gasteiger partial charge is 0.390 e. The summed E-state index contributed by atoms with van der Waals surface area (Å²) in [6.45, 7) is 2.93. The number of ether oxygens (including phenoxy) is 1. The zero-order valence-electron chi connectivity index (χ0n) is 9.94. The fraction of sp³-hybridized carbons (Fsp3) is 1.00. The van der Waals surface area contributed by atoms with Gasteiger partial charge in [-0.2, -0.15) is 13.2 Å². The lowest BCUT2D eigenvalue weighted by Crippen LogP contribution is -2.32. The third-order valence-corrected chi connectivity index (χ3v) is 2.15. The average Bonchev–Trinajstić information content (AvgIpc) is 2.19. The van der Waals surface area contributed by atoms with Gasteiger partial charge in [0.15, 0.2) is 0 Å². The van der Waals surface area contributed by atoms with E-state index >= 15 is 0 Å². The summed E-state index contributed by atoms with van der Waals surface area (Å²) < 4.78 is 40.5. The fourth-order valence-corrected chi connectivity index (χ4v) is 1.17. The molecular weight excluding hydrogens is 221 g/mol. The molecule has 0 bridgehead atoms. The van der Waals surface area contributed by atoms with Crippen molar-refractivity contribution in [2.45, 2.75) is 19.0 Å². The first-order valence-electron chi connectivity index (χ1n) is 5.40. The molecule has 6 heteroatoms. The van der Waals surface area contributed by atoms with E-state index in [1.807, 2.05) is 0 Å². The van der Waals surface area contributed by atoms with Crippen molar-refractivity contribution in [3.05, 3.63) is 0 Å². The van der Waals surface area contributed by atoms with E-state index in [0.717, 1.165) is 13.0 Å². The first-order chi connectivity index (χ1) is 7.45. The molecule has 0 aliphatic heterocycles. The van der Waals surface area contributed by atoms with Crippen molar-refractivity contribution in [1.29, 1.82) is 0 Å². The second kappa shape index (κ2) is 8.78. The molecule has 0 heterocycles. The van der Waals surface area contributed by atoms with Gasteiger partial charge < -0.3 is 15.0 Å². The molecule has 0 aromatic rings. The lowest BCUT2D eigenvalue weighted by molar-refractivity contribution is -0.137. The highest BCUT2D eigenvalue weighted by Crippen LogP contribution is 2.19. The van der Waals surface area contributed by atoms with Crippen molar-refractivity contribution in [3.8, 4) is 0 Å². The summed E-state index contributed by atoms with van der Waals surface area (Å²) in [5.74, 6) is 0. The van der Waals surface area contributed by atoms with Gasteiger partial charge >= 0.3 is 6.18 Å². The number of methoxy groups -OCH3 is 1. The van der Waals surface area contributed by atoms with Crippen LogP contribution < -0.4 is 5.32 Å². The van der Waals surface area contributed by atoms with Crippen LogP contribution in [0, 0.1) is 0 Å². The highest BCUT2D eigenvalue weighted by Gasteiger charge is 2.26. The number of alkyl halides is 3. The quantitative estimate of drug-likeness (QED) is 0.620. The minimum atomic E-state index is -4.06. The first kappa shape index (κ1) is 15.7. The van der Waals surface area contributed by atoms with Crippen LogP contribution in [0.25, 0.3) is 0 Å². The van der Waals surface area contributed by atoms with Crippen molar-refractivity contribution in [2.75, 3.05) is 46.9 Å². The summed E-state index contributed by atoms with van der Waals surface area (Å²) in [5, 5.41) is 3.15. The molecule has 0 atom stereocenters. The molecule has 0 aromatic heterocycles. The van der Waals surface area contributed by atoms with E-state index in [1.165, 1.54) is 0 Å². The molecule has 0 saturated carbocycles. The molecule has 16 heavy (non-hydrogen) atoms.